The van der Waals surface area contributed by atoms with Crippen LogP contribution in [0.5, 0.6) is 0 Å². The number of hydrogen-bond acceptors (Lipinski definition) is 1. The third kappa shape index (κ3) is 15.4. The Balaban J connectivity index is 1.59. The lowest BCUT2D eigenvalue weighted by Gasteiger charge is -2.06. The van der Waals surface area contributed by atoms with Crippen LogP contribution in [0.15, 0.2) is 42.7 Å². The van der Waals surface area contributed by atoms with E-state index < -0.39 is 0 Å². The van der Waals surface area contributed by atoms with Gasteiger partial charge < -0.3 is 0 Å². The highest BCUT2D eigenvalue weighted by Gasteiger charge is 2.19. The first-order valence-corrected chi connectivity index (χ1v) is 17.6. The van der Waals surface area contributed by atoms with E-state index in [1.54, 1.807) is 0 Å². The standard InChI is InChI=1S/C35H61N2S/c1-3-5-7-9-11-13-14-15-16-17-18-20-22-27-33-38-37-32-31-36(35(37)34-28-24-23-25-29-34)30-26-21-19-12-10-8-6-4-2/h23-25,28-29,31-32H,3-22,26-27,30,33H2,1-2H3/q+1. The molecule has 38 heavy (non-hydrogen) atoms. The summed E-state index contributed by atoms with van der Waals surface area (Å²) in [4.78, 5) is 0. The van der Waals surface area contributed by atoms with E-state index in [2.05, 4.69) is 65.1 Å². The van der Waals surface area contributed by atoms with Gasteiger partial charge in [0, 0.05) is 5.75 Å². The van der Waals surface area contributed by atoms with Crippen LogP contribution in [0.25, 0.3) is 11.4 Å². The van der Waals surface area contributed by atoms with Gasteiger partial charge in [0.1, 0.15) is 12.4 Å². The number of nitrogens with zero attached hydrogens (tertiary/aromatic N) is 2. The van der Waals surface area contributed by atoms with Crippen LogP contribution in [-0.4, -0.2) is 9.73 Å². The van der Waals surface area contributed by atoms with Gasteiger partial charge in [-0.2, -0.15) is 3.97 Å². The summed E-state index contributed by atoms with van der Waals surface area (Å²) in [5.74, 6) is 2.58. The molecule has 0 spiro atoms. The molecular weight excluding hydrogens is 480 g/mol. The van der Waals surface area contributed by atoms with Crippen molar-refractivity contribution in [2.75, 3.05) is 5.75 Å². The van der Waals surface area contributed by atoms with E-state index in [-0.39, 0.29) is 0 Å². The molecule has 1 aromatic carbocycles. The number of benzene rings is 1. The molecule has 0 fully saturated rings. The van der Waals surface area contributed by atoms with Crippen molar-refractivity contribution in [3.8, 4) is 11.4 Å². The van der Waals surface area contributed by atoms with Crippen LogP contribution in [-0.2, 0) is 6.54 Å². The minimum Gasteiger partial charge on any atom is -0.229 e. The molecule has 0 aliphatic carbocycles. The molecule has 2 nitrogen and oxygen atoms in total. The second kappa shape index (κ2) is 23.6. The molecule has 0 radical (unpaired) electrons. The Bertz CT molecular complexity index is 769. The lowest BCUT2D eigenvalue weighted by atomic mass is 10.0. The first-order valence-electron chi connectivity index (χ1n) is 16.7. The molecule has 0 aliphatic rings. The summed E-state index contributed by atoms with van der Waals surface area (Å²) >= 11 is 2.00. The fraction of sp³-hybridized carbons (Fsp3) is 0.743. The summed E-state index contributed by atoms with van der Waals surface area (Å²) in [6, 6.07) is 11.0. The maximum Gasteiger partial charge on any atom is 0.300 e. The summed E-state index contributed by atoms with van der Waals surface area (Å²) in [7, 11) is 0. The van der Waals surface area contributed by atoms with Crippen LogP contribution in [0.3, 0.4) is 0 Å². The van der Waals surface area contributed by atoms with Crippen LogP contribution in [0, 0.1) is 0 Å². The van der Waals surface area contributed by atoms with Crippen molar-refractivity contribution < 1.29 is 4.57 Å². The zero-order chi connectivity index (χ0) is 26.9. The first-order chi connectivity index (χ1) is 18.9. The van der Waals surface area contributed by atoms with Crippen molar-refractivity contribution in [1.82, 2.24) is 3.97 Å². The number of aromatic nitrogens is 2. The largest absolute Gasteiger partial charge is 0.300 e. The van der Waals surface area contributed by atoms with Crippen molar-refractivity contribution in [3.05, 3.63) is 42.7 Å². The molecule has 0 atom stereocenters. The van der Waals surface area contributed by atoms with E-state index in [4.69, 9.17) is 0 Å². The highest BCUT2D eigenvalue weighted by molar-refractivity contribution is 7.97. The van der Waals surface area contributed by atoms with Gasteiger partial charge in [-0.15, -0.1) is 0 Å². The average Bonchev–Trinajstić information content (AvgIpc) is 3.35. The second-order valence-corrected chi connectivity index (χ2v) is 12.5. The fourth-order valence-electron chi connectivity index (χ4n) is 5.45. The third-order valence-electron chi connectivity index (χ3n) is 7.88. The average molecular weight is 542 g/mol. The van der Waals surface area contributed by atoms with Crippen molar-refractivity contribution in [3.63, 3.8) is 0 Å². The molecule has 0 saturated heterocycles. The van der Waals surface area contributed by atoms with Gasteiger partial charge in [-0.05, 0) is 31.4 Å². The van der Waals surface area contributed by atoms with Crippen LogP contribution >= 0.6 is 11.9 Å². The maximum atomic E-state index is 2.49. The highest BCUT2D eigenvalue weighted by atomic mass is 32.2. The third-order valence-corrected chi connectivity index (χ3v) is 8.92. The SMILES string of the molecule is CCCCCCCCCCCCCCCCSn1cc[n+](CCCCCCCCCC)c1-c1ccccc1. The van der Waals surface area contributed by atoms with Crippen molar-refractivity contribution in [2.24, 2.45) is 0 Å². The number of rotatable bonds is 26. The van der Waals surface area contributed by atoms with E-state index in [1.807, 2.05) is 11.9 Å². The predicted octanol–water partition coefficient (Wildman–Crippen LogP) is 11.6. The van der Waals surface area contributed by atoms with Gasteiger partial charge in [-0.1, -0.05) is 154 Å². The molecule has 1 heterocycles. The Morgan fingerprint density at radius 2 is 1.00 bits per heavy atom. The highest BCUT2D eigenvalue weighted by Crippen LogP contribution is 2.22. The van der Waals surface area contributed by atoms with Gasteiger partial charge >= 0.3 is 5.82 Å². The van der Waals surface area contributed by atoms with E-state index in [9.17, 15) is 0 Å². The lowest BCUT2D eigenvalue weighted by molar-refractivity contribution is -0.685. The van der Waals surface area contributed by atoms with E-state index in [0.717, 1.165) is 6.54 Å². The van der Waals surface area contributed by atoms with Crippen LogP contribution in [0.1, 0.15) is 155 Å². The maximum absolute atomic E-state index is 2.49. The minimum atomic E-state index is 1.13. The van der Waals surface area contributed by atoms with Crippen LogP contribution in [0.4, 0.5) is 0 Å². The van der Waals surface area contributed by atoms with Gasteiger partial charge in [0.15, 0.2) is 0 Å². The van der Waals surface area contributed by atoms with Crippen molar-refractivity contribution in [2.45, 2.75) is 162 Å². The zero-order valence-corrected chi connectivity index (χ0v) is 26.1. The predicted molar refractivity (Wildman–Crippen MR) is 171 cm³/mol. The van der Waals surface area contributed by atoms with Gasteiger partial charge in [-0.3, -0.25) is 0 Å². The number of imidazole rings is 1. The topological polar surface area (TPSA) is 8.81 Å². The number of unbranched alkanes of at least 4 members (excludes halogenated alkanes) is 20. The summed E-state index contributed by atoms with van der Waals surface area (Å²) < 4.78 is 4.92. The molecule has 3 heteroatoms. The molecule has 0 N–H and O–H groups in total. The fourth-order valence-corrected chi connectivity index (χ4v) is 6.45. The monoisotopic (exact) mass is 541 g/mol. The molecule has 0 bridgehead atoms. The molecule has 2 rings (SSSR count). The number of hydrogen-bond donors (Lipinski definition) is 0. The quantitative estimate of drug-likeness (QED) is 0.0849. The molecule has 0 aliphatic heterocycles. The first kappa shape index (κ1) is 33.0. The molecule has 0 amide bonds. The second-order valence-electron chi connectivity index (χ2n) is 11.4. The normalized spacial score (nSPS) is 11.4. The van der Waals surface area contributed by atoms with Gasteiger partial charge in [0.05, 0.1) is 24.1 Å². The molecular formula is C35H61N2S+. The van der Waals surface area contributed by atoms with E-state index >= 15 is 0 Å². The summed E-state index contributed by atoms with van der Waals surface area (Å²) in [5, 5.41) is 0. The van der Waals surface area contributed by atoms with E-state index in [1.165, 1.54) is 158 Å². The summed E-state index contributed by atoms with van der Waals surface area (Å²) in [6.45, 7) is 5.73. The Kier molecular flexibility index (Phi) is 20.5. The molecule has 0 unspecified atom stereocenters. The summed E-state index contributed by atoms with van der Waals surface area (Å²) in [5.41, 5.74) is 1.34. The van der Waals surface area contributed by atoms with E-state index in [0.29, 0.717) is 0 Å². The lowest BCUT2D eigenvalue weighted by Crippen LogP contribution is -2.34. The smallest absolute Gasteiger partial charge is 0.229 e. The Morgan fingerprint density at radius 3 is 1.50 bits per heavy atom. The Morgan fingerprint density at radius 1 is 0.553 bits per heavy atom. The van der Waals surface area contributed by atoms with Gasteiger partial charge in [-0.25, -0.2) is 4.57 Å². The van der Waals surface area contributed by atoms with Crippen molar-refractivity contribution in [1.29, 1.82) is 0 Å². The zero-order valence-electron chi connectivity index (χ0n) is 25.3. The minimum absolute atomic E-state index is 1.13. The molecule has 216 valence electrons. The summed E-state index contributed by atoms with van der Waals surface area (Å²) in [6.07, 6.45) is 35.6. The molecule has 1 aromatic heterocycles. The Hall–Kier alpha value is -1.22. The Labute approximate surface area is 241 Å². The van der Waals surface area contributed by atoms with Crippen molar-refractivity contribution >= 4 is 11.9 Å². The van der Waals surface area contributed by atoms with Gasteiger partial charge in [0.25, 0.3) is 0 Å². The molecule has 0 saturated carbocycles. The van der Waals surface area contributed by atoms with Crippen LogP contribution < -0.4 is 4.57 Å². The van der Waals surface area contributed by atoms with Gasteiger partial charge in [0.2, 0.25) is 0 Å². The molecule has 2 aromatic rings. The van der Waals surface area contributed by atoms with Crippen LogP contribution in [0.2, 0.25) is 0 Å². The number of aryl methyl sites for hydroxylation is 1.